The lowest BCUT2D eigenvalue weighted by molar-refractivity contribution is -0.189. The van der Waals surface area contributed by atoms with Crippen molar-refractivity contribution in [2.45, 2.75) is 78.9 Å². The predicted molar refractivity (Wildman–Crippen MR) is 131 cm³/mol. The average Bonchev–Trinajstić information content (AvgIpc) is 3.36. The second-order valence-electron chi connectivity index (χ2n) is 12.3. The van der Waals surface area contributed by atoms with Crippen LogP contribution in [0.5, 0.6) is 0 Å². The molecular weight excluding hydrogens is 476 g/mol. The molecule has 1 saturated heterocycles. The highest BCUT2D eigenvalue weighted by atomic mass is 16.6. The smallest absolute Gasteiger partial charge is 0.307 e. The Bertz CT molecular complexity index is 1180. The van der Waals surface area contributed by atoms with E-state index in [1.807, 2.05) is 26.8 Å². The Morgan fingerprint density at radius 1 is 1.14 bits per heavy atom. The van der Waals surface area contributed by atoms with Crippen LogP contribution in [0.25, 0.3) is 0 Å². The monoisotopic (exact) mass is 512 g/mol. The zero-order chi connectivity index (χ0) is 26.9. The van der Waals surface area contributed by atoms with Gasteiger partial charge in [0.25, 0.3) is 0 Å². The van der Waals surface area contributed by atoms with E-state index in [0.717, 1.165) is 23.1 Å². The lowest BCUT2D eigenvalue weighted by Gasteiger charge is -2.62. The van der Waals surface area contributed by atoms with Crippen LogP contribution in [0, 0.1) is 34.0 Å². The number of methoxy groups -OCH3 is 1. The zero-order valence-corrected chi connectivity index (χ0v) is 22.4. The molecule has 5 rings (SSSR count). The first kappa shape index (κ1) is 25.7. The summed E-state index contributed by atoms with van der Waals surface area (Å²) >= 11 is 0. The number of esters is 3. The van der Waals surface area contributed by atoms with E-state index in [9.17, 15) is 19.2 Å². The summed E-state index contributed by atoms with van der Waals surface area (Å²) in [6, 6.07) is 1.83. The maximum absolute atomic E-state index is 14.2. The first-order valence-corrected chi connectivity index (χ1v) is 13.1. The fraction of sp³-hybridized carbons (Fsp3) is 0.655. The SMILES string of the molecule is COC(=O)C[C@H]1C(C)(C)[C@H](OC(C)=O)[C@@H]2CC3=C(CC[C@]4(C)[C@@H]3CC(=O)O[C@H]4c3ccoc3)[C@@]1(C)C2=O. The van der Waals surface area contributed by atoms with Crippen LogP contribution in [0.4, 0.5) is 0 Å². The summed E-state index contributed by atoms with van der Waals surface area (Å²) in [6.07, 6.45) is 4.15. The number of hydrogen-bond donors (Lipinski definition) is 0. The lowest BCUT2D eigenvalue weighted by Crippen LogP contribution is -2.64. The number of carbonyl (C=O) groups is 4. The minimum absolute atomic E-state index is 0.0131. The van der Waals surface area contributed by atoms with Crippen LogP contribution in [-0.2, 0) is 33.4 Å². The quantitative estimate of drug-likeness (QED) is 0.324. The molecule has 0 amide bonds. The summed E-state index contributed by atoms with van der Waals surface area (Å²) in [6.45, 7) is 9.42. The number of hydrogen-bond acceptors (Lipinski definition) is 8. The van der Waals surface area contributed by atoms with E-state index in [-0.39, 0.29) is 35.9 Å². The van der Waals surface area contributed by atoms with Crippen LogP contribution in [-0.4, -0.2) is 36.9 Å². The third-order valence-corrected chi connectivity index (χ3v) is 10.1. The third-order valence-electron chi connectivity index (χ3n) is 10.1. The standard InChI is InChI=1S/C29H36O8/c1-15(30)36-26-18-11-17-19(29(5,24(18)33)21(27(26,2)3)13-22(31)34-6)7-9-28(4)20(17)12-23(32)37-25(28)16-8-10-35-14-16/h8,10,14,18,20-21,25-26H,7,9,11-13H2,1-6H3/t18-,20-,21+,25+,26-,28-,29-/m1/s1. The summed E-state index contributed by atoms with van der Waals surface area (Å²) < 4.78 is 22.1. The Labute approximate surface area is 217 Å². The molecule has 0 N–H and O–H groups in total. The first-order chi connectivity index (χ1) is 17.4. The Balaban J connectivity index is 1.67. The average molecular weight is 513 g/mol. The van der Waals surface area contributed by atoms with Gasteiger partial charge in [-0.15, -0.1) is 0 Å². The lowest BCUT2D eigenvalue weighted by atomic mass is 9.42. The van der Waals surface area contributed by atoms with E-state index in [4.69, 9.17) is 18.6 Å². The van der Waals surface area contributed by atoms with Gasteiger partial charge in [0.15, 0.2) is 0 Å². The molecule has 7 atom stereocenters. The minimum Gasteiger partial charge on any atom is -0.472 e. The highest BCUT2D eigenvalue weighted by molar-refractivity contribution is 5.94. The summed E-state index contributed by atoms with van der Waals surface area (Å²) in [5.74, 6) is -2.25. The number of Topliss-reactive ketones (excluding diaryl/α,β-unsaturated/α-hetero) is 1. The van der Waals surface area contributed by atoms with Gasteiger partial charge >= 0.3 is 17.9 Å². The van der Waals surface area contributed by atoms with Gasteiger partial charge < -0.3 is 18.6 Å². The number of fused-ring (bicyclic) bond motifs is 5. The molecule has 0 radical (unpaired) electrons. The van der Waals surface area contributed by atoms with Gasteiger partial charge in [0.05, 0.1) is 43.8 Å². The van der Waals surface area contributed by atoms with Crippen molar-refractivity contribution in [2.75, 3.05) is 7.11 Å². The topological polar surface area (TPSA) is 109 Å². The van der Waals surface area contributed by atoms with E-state index in [2.05, 4.69) is 6.92 Å². The number of furan rings is 1. The van der Waals surface area contributed by atoms with Gasteiger partial charge in [0.1, 0.15) is 18.0 Å². The molecule has 2 heterocycles. The summed E-state index contributed by atoms with van der Waals surface area (Å²) in [4.78, 5) is 52.0. The molecule has 4 aliphatic rings. The van der Waals surface area contributed by atoms with Crippen molar-refractivity contribution < 1.29 is 37.8 Å². The molecule has 3 aliphatic carbocycles. The summed E-state index contributed by atoms with van der Waals surface area (Å²) in [5, 5.41) is 0. The minimum atomic E-state index is -0.930. The summed E-state index contributed by atoms with van der Waals surface area (Å²) in [5.41, 5.74) is 0.989. The van der Waals surface area contributed by atoms with E-state index >= 15 is 0 Å². The van der Waals surface area contributed by atoms with Gasteiger partial charge in [-0.2, -0.15) is 0 Å². The van der Waals surface area contributed by atoms with Crippen molar-refractivity contribution >= 4 is 23.7 Å². The van der Waals surface area contributed by atoms with Crippen molar-refractivity contribution in [3.8, 4) is 0 Å². The molecule has 37 heavy (non-hydrogen) atoms. The summed E-state index contributed by atoms with van der Waals surface area (Å²) in [7, 11) is 1.34. The maximum Gasteiger partial charge on any atom is 0.307 e. The maximum atomic E-state index is 14.2. The zero-order valence-electron chi connectivity index (χ0n) is 22.4. The van der Waals surface area contributed by atoms with Gasteiger partial charge in [0, 0.05) is 23.3 Å². The molecule has 0 unspecified atom stereocenters. The van der Waals surface area contributed by atoms with Crippen molar-refractivity contribution in [1.29, 1.82) is 0 Å². The fourth-order valence-corrected chi connectivity index (χ4v) is 8.30. The Morgan fingerprint density at radius 2 is 1.86 bits per heavy atom. The van der Waals surface area contributed by atoms with Crippen LogP contribution in [0.1, 0.15) is 78.4 Å². The fourth-order valence-electron chi connectivity index (χ4n) is 8.30. The normalized spacial score (nSPS) is 38.3. The van der Waals surface area contributed by atoms with Crippen molar-refractivity contribution in [3.05, 3.63) is 35.3 Å². The van der Waals surface area contributed by atoms with Crippen LogP contribution >= 0.6 is 0 Å². The highest BCUT2D eigenvalue weighted by Gasteiger charge is 2.67. The molecule has 8 nitrogen and oxygen atoms in total. The van der Waals surface area contributed by atoms with Crippen molar-refractivity contribution in [2.24, 2.45) is 34.0 Å². The van der Waals surface area contributed by atoms with Crippen LogP contribution in [0.15, 0.2) is 34.2 Å². The van der Waals surface area contributed by atoms with Gasteiger partial charge in [-0.1, -0.05) is 31.9 Å². The van der Waals surface area contributed by atoms with Gasteiger partial charge in [0.2, 0.25) is 0 Å². The molecule has 8 heteroatoms. The number of ether oxygens (including phenoxy) is 3. The molecule has 2 fully saturated rings. The number of rotatable bonds is 4. The molecule has 0 spiro atoms. The van der Waals surface area contributed by atoms with Crippen LogP contribution < -0.4 is 0 Å². The van der Waals surface area contributed by atoms with Crippen molar-refractivity contribution in [3.63, 3.8) is 0 Å². The molecule has 1 aromatic heterocycles. The Kier molecular flexibility index (Phi) is 5.96. The molecule has 0 aromatic carbocycles. The second kappa shape index (κ2) is 8.57. The third kappa shape index (κ3) is 3.62. The molecular formula is C29H36O8. The second-order valence-corrected chi connectivity index (χ2v) is 12.3. The van der Waals surface area contributed by atoms with Gasteiger partial charge in [-0.3, -0.25) is 19.2 Å². The Hall–Kier alpha value is -2.90. The van der Waals surface area contributed by atoms with E-state index in [1.165, 1.54) is 14.0 Å². The van der Waals surface area contributed by atoms with Crippen LogP contribution in [0.2, 0.25) is 0 Å². The highest BCUT2D eigenvalue weighted by Crippen LogP contribution is 2.67. The van der Waals surface area contributed by atoms with E-state index < -0.39 is 46.8 Å². The largest absolute Gasteiger partial charge is 0.472 e. The number of allylic oxidation sites excluding steroid dienone is 2. The molecule has 1 saturated carbocycles. The van der Waals surface area contributed by atoms with Crippen LogP contribution in [0.3, 0.4) is 0 Å². The van der Waals surface area contributed by atoms with E-state index in [0.29, 0.717) is 12.8 Å². The van der Waals surface area contributed by atoms with E-state index in [1.54, 1.807) is 12.5 Å². The Morgan fingerprint density at radius 3 is 2.49 bits per heavy atom. The first-order valence-electron chi connectivity index (χ1n) is 13.1. The number of cyclic esters (lactones) is 1. The molecule has 1 aromatic rings. The molecule has 200 valence electrons. The number of ketones is 1. The predicted octanol–water partition coefficient (Wildman–Crippen LogP) is 4.73. The molecule has 1 aliphatic heterocycles. The molecule has 2 bridgehead atoms. The van der Waals surface area contributed by atoms with Crippen molar-refractivity contribution in [1.82, 2.24) is 0 Å². The van der Waals surface area contributed by atoms with Gasteiger partial charge in [-0.25, -0.2) is 0 Å². The van der Waals surface area contributed by atoms with Gasteiger partial charge in [-0.05, 0) is 44.1 Å². The number of carbonyl (C=O) groups excluding carboxylic acids is 4.